The summed E-state index contributed by atoms with van der Waals surface area (Å²) in [7, 11) is -3.00. The van der Waals surface area contributed by atoms with Crippen molar-refractivity contribution in [2.24, 2.45) is 5.92 Å². The summed E-state index contributed by atoms with van der Waals surface area (Å²) in [6, 6.07) is 0. The minimum Gasteiger partial charge on any atom is -0.311 e. The monoisotopic (exact) mass is 260 g/mol. The van der Waals surface area contributed by atoms with Gasteiger partial charge in [-0.05, 0) is 51.5 Å². The molecule has 1 N–H and O–H groups in total. The first-order chi connectivity index (χ1) is 7.89. The average molecular weight is 260 g/mol. The molecule has 0 aromatic carbocycles. The Balaban J connectivity index is 1.81. The van der Waals surface area contributed by atoms with Crippen LogP contribution in [0.5, 0.6) is 0 Å². The van der Waals surface area contributed by atoms with Crippen LogP contribution in [0, 0.1) is 5.92 Å². The van der Waals surface area contributed by atoms with Gasteiger partial charge in [-0.15, -0.1) is 0 Å². The Bertz CT molecular complexity index is 363. The zero-order valence-electron chi connectivity index (χ0n) is 10.9. The lowest BCUT2D eigenvalue weighted by atomic mass is 9.78. The van der Waals surface area contributed by atoms with Crippen LogP contribution in [0.1, 0.15) is 39.0 Å². The molecule has 0 bridgehead atoms. The van der Waals surface area contributed by atoms with Gasteiger partial charge in [0, 0.05) is 18.6 Å². The summed E-state index contributed by atoms with van der Waals surface area (Å²) < 4.78 is 24.6. The fourth-order valence-corrected chi connectivity index (χ4v) is 3.71. The van der Waals surface area contributed by atoms with Crippen LogP contribution in [0.2, 0.25) is 0 Å². The fraction of sp³-hybridized carbons (Fsp3) is 1.00. The van der Waals surface area contributed by atoms with E-state index in [-0.39, 0.29) is 0 Å². The first kappa shape index (κ1) is 13.3. The second kappa shape index (κ2) is 4.86. The van der Waals surface area contributed by atoms with E-state index in [1.807, 2.05) is 0 Å². The maximum Gasteiger partial charge on any atom is 0.211 e. The molecule has 0 radical (unpaired) electrons. The van der Waals surface area contributed by atoms with E-state index in [1.165, 1.54) is 25.5 Å². The molecule has 1 unspecified atom stereocenters. The van der Waals surface area contributed by atoms with E-state index < -0.39 is 10.0 Å². The Hall–Kier alpha value is -0.130. The molecule has 4 nitrogen and oxygen atoms in total. The van der Waals surface area contributed by atoms with E-state index in [4.69, 9.17) is 0 Å². The Morgan fingerprint density at radius 1 is 1.35 bits per heavy atom. The molecule has 0 amide bonds. The van der Waals surface area contributed by atoms with Crippen molar-refractivity contribution in [1.82, 2.24) is 9.62 Å². The van der Waals surface area contributed by atoms with Crippen LogP contribution in [-0.4, -0.2) is 44.2 Å². The van der Waals surface area contributed by atoms with Gasteiger partial charge in [0.2, 0.25) is 10.0 Å². The molecule has 100 valence electrons. The average Bonchev–Trinajstić information content (AvgIpc) is 2.23. The molecule has 1 atom stereocenters. The number of sulfonamides is 1. The maximum atomic E-state index is 11.5. The molecular weight excluding hydrogens is 236 g/mol. The van der Waals surface area contributed by atoms with Crippen molar-refractivity contribution in [3.05, 3.63) is 0 Å². The normalized spacial score (nSPS) is 29.9. The Morgan fingerprint density at radius 2 is 2.06 bits per heavy atom. The summed E-state index contributed by atoms with van der Waals surface area (Å²) in [4.78, 5) is 0. The van der Waals surface area contributed by atoms with E-state index in [2.05, 4.69) is 12.2 Å². The maximum absolute atomic E-state index is 11.5. The molecule has 2 fully saturated rings. The van der Waals surface area contributed by atoms with Gasteiger partial charge in [-0.3, -0.25) is 0 Å². The second-order valence-electron chi connectivity index (χ2n) is 5.92. The number of hydrogen-bond acceptors (Lipinski definition) is 3. The standard InChI is InChI=1S/C12H24N2O2S/c1-12(6-4-7-12)13-9-11-5-3-8-14(10-11)17(2,15)16/h11,13H,3-10H2,1-2H3. The summed E-state index contributed by atoms with van der Waals surface area (Å²) in [6.45, 7) is 4.63. The number of rotatable bonds is 4. The Labute approximate surface area is 105 Å². The predicted octanol–water partition coefficient (Wildman–Crippen LogP) is 1.19. The molecule has 0 aromatic rings. The summed E-state index contributed by atoms with van der Waals surface area (Å²) in [6.07, 6.45) is 7.30. The highest BCUT2D eigenvalue weighted by Gasteiger charge is 2.33. The van der Waals surface area contributed by atoms with Crippen LogP contribution in [0.25, 0.3) is 0 Å². The van der Waals surface area contributed by atoms with Crippen LogP contribution in [0.3, 0.4) is 0 Å². The first-order valence-corrected chi connectivity index (χ1v) is 8.44. The quantitative estimate of drug-likeness (QED) is 0.826. The van der Waals surface area contributed by atoms with Crippen molar-refractivity contribution in [3.63, 3.8) is 0 Å². The van der Waals surface area contributed by atoms with E-state index in [9.17, 15) is 8.42 Å². The van der Waals surface area contributed by atoms with Crippen LogP contribution < -0.4 is 5.32 Å². The molecule has 0 aromatic heterocycles. The number of nitrogens with zero attached hydrogens (tertiary/aromatic N) is 1. The van der Waals surface area contributed by atoms with E-state index in [1.54, 1.807) is 4.31 Å². The Kier molecular flexibility index (Phi) is 3.80. The van der Waals surface area contributed by atoms with Crippen LogP contribution in [0.15, 0.2) is 0 Å². The topological polar surface area (TPSA) is 49.4 Å². The minimum atomic E-state index is -3.00. The molecule has 1 heterocycles. The van der Waals surface area contributed by atoms with Gasteiger partial charge < -0.3 is 5.32 Å². The van der Waals surface area contributed by atoms with E-state index in [0.717, 1.165) is 19.4 Å². The van der Waals surface area contributed by atoms with Crippen molar-refractivity contribution in [1.29, 1.82) is 0 Å². The number of hydrogen-bond donors (Lipinski definition) is 1. The third kappa shape index (κ3) is 3.42. The summed E-state index contributed by atoms with van der Waals surface area (Å²) in [5.74, 6) is 0.482. The molecule has 5 heteroatoms. The van der Waals surface area contributed by atoms with Gasteiger partial charge in [-0.2, -0.15) is 0 Å². The largest absolute Gasteiger partial charge is 0.311 e. The molecule has 2 rings (SSSR count). The van der Waals surface area contributed by atoms with Crippen molar-refractivity contribution in [3.8, 4) is 0 Å². The molecule has 2 aliphatic rings. The summed E-state index contributed by atoms with van der Waals surface area (Å²) >= 11 is 0. The van der Waals surface area contributed by atoms with Crippen molar-refractivity contribution >= 4 is 10.0 Å². The molecule has 1 saturated carbocycles. The zero-order valence-corrected chi connectivity index (χ0v) is 11.7. The van der Waals surface area contributed by atoms with Gasteiger partial charge in [0.25, 0.3) is 0 Å². The minimum absolute atomic E-state index is 0.327. The van der Waals surface area contributed by atoms with E-state index in [0.29, 0.717) is 24.5 Å². The molecular formula is C12H24N2O2S. The highest BCUT2D eigenvalue weighted by Crippen LogP contribution is 2.31. The number of nitrogens with one attached hydrogen (secondary N) is 1. The van der Waals surface area contributed by atoms with Crippen molar-refractivity contribution in [2.75, 3.05) is 25.9 Å². The third-order valence-electron chi connectivity index (χ3n) is 4.23. The zero-order chi connectivity index (χ0) is 12.5. The highest BCUT2D eigenvalue weighted by molar-refractivity contribution is 7.88. The molecule has 1 aliphatic carbocycles. The van der Waals surface area contributed by atoms with Crippen LogP contribution in [0.4, 0.5) is 0 Å². The van der Waals surface area contributed by atoms with Gasteiger partial charge in [0.1, 0.15) is 0 Å². The van der Waals surface area contributed by atoms with Crippen LogP contribution in [-0.2, 0) is 10.0 Å². The fourth-order valence-electron chi connectivity index (χ4n) is 2.77. The second-order valence-corrected chi connectivity index (χ2v) is 7.91. The highest BCUT2D eigenvalue weighted by atomic mass is 32.2. The molecule has 17 heavy (non-hydrogen) atoms. The lowest BCUT2D eigenvalue weighted by Crippen LogP contribution is -2.51. The lowest BCUT2D eigenvalue weighted by molar-refractivity contribution is 0.178. The molecule has 1 saturated heterocycles. The Morgan fingerprint density at radius 3 is 2.59 bits per heavy atom. The lowest BCUT2D eigenvalue weighted by Gasteiger charge is -2.41. The smallest absolute Gasteiger partial charge is 0.211 e. The predicted molar refractivity (Wildman–Crippen MR) is 69.4 cm³/mol. The van der Waals surface area contributed by atoms with Crippen molar-refractivity contribution in [2.45, 2.75) is 44.6 Å². The van der Waals surface area contributed by atoms with Gasteiger partial charge >= 0.3 is 0 Å². The SMILES string of the molecule is CC1(NCC2CCCN(S(C)(=O)=O)C2)CCC1. The summed E-state index contributed by atoms with van der Waals surface area (Å²) in [5.41, 5.74) is 0.327. The van der Waals surface area contributed by atoms with Gasteiger partial charge in [-0.1, -0.05) is 0 Å². The van der Waals surface area contributed by atoms with Crippen molar-refractivity contribution < 1.29 is 8.42 Å². The number of piperidine rings is 1. The van der Waals surface area contributed by atoms with E-state index >= 15 is 0 Å². The van der Waals surface area contributed by atoms with Gasteiger partial charge in [-0.25, -0.2) is 12.7 Å². The molecule has 1 aliphatic heterocycles. The van der Waals surface area contributed by atoms with Crippen LogP contribution >= 0.6 is 0 Å². The summed E-state index contributed by atoms with van der Waals surface area (Å²) in [5, 5.41) is 3.62. The van der Waals surface area contributed by atoms with Gasteiger partial charge in [0.15, 0.2) is 0 Å². The first-order valence-electron chi connectivity index (χ1n) is 6.59. The molecule has 0 spiro atoms. The third-order valence-corrected chi connectivity index (χ3v) is 5.50. The van der Waals surface area contributed by atoms with Gasteiger partial charge in [0.05, 0.1) is 6.26 Å².